The molecular formula is C18H22ClN3O3. The number of carbonyl (C=O) groups excluding carboxylic acids is 1. The Morgan fingerprint density at radius 3 is 2.56 bits per heavy atom. The lowest BCUT2D eigenvalue weighted by atomic mass is 10.2. The molecule has 0 unspecified atom stereocenters. The number of furan rings is 1. The first kappa shape index (κ1) is 17.8. The van der Waals surface area contributed by atoms with E-state index >= 15 is 0 Å². The summed E-state index contributed by atoms with van der Waals surface area (Å²) < 4.78 is 11.0. The van der Waals surface area contributed by atoms with Crippen molar-refractivity contribution in [1.82, 2.24) is 9.80 Å². The number of benzene rings is 1. The summed E-state index contributed by atoms with van der Waals surface area (Å²) in [6.07, 6.45) is 1.48. The van der Waals surface area contributed by atoms with Crippen molar-refractivity contribution in [1.29, 1.82) is 0 Å². The van der Waals surface area contributed by atoms with Crippen LogP contribution in [0.5, 0.6) is 5.75 Å². The fourth-order valence-electron chi connectivity index (χ4n) is 2.78. The number of piperazine rings is 1. The summed E-state index contributed by atoms with van der Waals surface area (Å²) in [6, 6.07) is 9.06. The van der Waals surface area contributed by atoms with Crippen molar-refractivity contribution >= 4 is 17.5 Å². The Kier molecular flexibility index (Phi) is 5.96. The van der Waals surface area contributed by atoms with Crippen molar-refractivity contribution in [3.63, 3.8) is 0 Å². The van der Waals surface area contributed by atoms with E-state index in [0.29, 0.717) is 42.6 Å². The Balaban J connectivity index is 1.40. The molecule has 1 aliphatic heterocycles. The zero-order chi connectivity index (χ0) is 17.6. The third-order valence-electron chi connectivity index (χ3n) is 4.25. The largest absolute Gasteiger partial charge is 0.492 e. The van der Waals surface area contributed by atoms with Gasteiger partial charge in [0.25, 0.3) is 5.91 Å². The normalized spacial score (nSPS) is 15.4. The van der Waals surface area contributed by atoms with Gasteiger partial charge in [-0.2, -0.15) is 0 Å². The number of hydrogen-bond donors (Lipinski definition) is 1. The van der Waals surface area contributed by atoms with E-state index < -0.39 is 0 Å². The van der Waals surface area contributed by atoms with Gasteiger partial charge in [0.15, 0.2) is 0 Å². The van der Waals surface area contributed by atoms with Gasteiger partial charge in [0.2, 0.25) is 0 Å². The van der Waals surface area contributed by atoms with Gasteiger partial charge in [0.1, 0.15) is 24.4 Å². The van der Waals surface area contributed by atoms with Crippen molar-refractivity contribution in [2.45, 2.75) is 6.54 Å². The van der Waals surface area contributed by atoms with Crippen molar-refractivity contribution in [3.8, 4) is 5.75 Å². The maximum absolute atomic E-state index is 12.4. The average molecular weight is 364 g/mol. The second-order valence-corrected chi connectivity index (χ2v) is 6.38. The monoisotopic (exact) mass is 363 g/mol. The summed E-state index contributed by atoms with van der Waals surface area (Å²) in [5, 5.41) is 0.698. The topological polar surface area (TPSA) is 71.9 Å². The van der Waals surface area contributed by atoms with Crippen molar-refractivity contribution in [2.75, 3.05) is 39.3 Å². The highest BCUT2D eigenvalue weighted by atomic mass is 35.5. The highest BCUT2D eigenvalue weighted by molar-refractivity contribution is 6.30. The molecule has 0 bridgehead atoms. The minimum Gasteiger partial charge on any atom is -0.492 e. The highest BCUT2D eigenvalue weighted by Gasteiger charge is 2.23. The maximum atomic E-state index is 12.4. The van der Waals surface area contributed by atoms with Gasteiger partial charge in [-0.25, -0.2) is 0 Å². The zero-order valence-corrected chi connectivity index (χ0v) is 14.7. The van der Waals surface area contributed by atoms with Gasteiger partial charge in [-0.1, -0.05) is 11.6 Å². The quantitative estimate of drug-likeness (QED) is 0.852. The van der Waals surface area contributed by atoms with E-state index in [-0.39, 0.29) is 5.91 Å². The van der Waals surface area contributed by atoms with Crippen LogP contribution in [0.2, 0.25) is 5.02 Å². The van der Waals surface area contributed by atoms with Crippen molar-refractivity contribution in [3.05, 3.63) is 52.9 Å². The van der Waals surface area contributed by atoms with E-state index in [9.17, 15) is 4.79 Å². The molecule has 25 heavy (non-hydrogen) atoms. The SMILES string of the molecule is NCc1cc(C(=O)N2CCN(CCOc3ccc(Cl)cc3)CC2)co1. The van der Waals surface area contributed by atoms with Crippen LogP contribution < -0.4 is 10.5 Å². The molecule has 7 heteroatoms. The van der Waals surface area contributed by atoms with Gasteiger partial charge in [-0.3, -0.25) is 9.69 Å². The number of hydrogen-bond acceptors (Lipinski definition) is 5. The third kappa shape index (κ3) is 4.75. The molecule has 1 amide bonds. The van der Waals surface area contributed by atoms with Gasteiger partial charge in [-0.05, 0) is 30.3 Å². The van der Waals surface area contributed by atoms with Crippen LogP contribution in [0.15, 0.2) is 41.0 Å². The predicted molar refractivity (Wildman–Crippen MR) is 95.9 cm³/mol. The predicted octanol–water partition coefficient (Wildman–Crippen LogP) is 2.23. The van der Waals surface area contributed by atoms with Crippen LogP contribution in [0.1, 0.15) is 16.1 Å². The van der Waals surface area contributed by atoms with E-state index in [4.69, 9.17) is 26.5 Å². The number of rotatable bonds is 6. The second-order valence-electron chi connectivity index (χ2n) is 5.94. The molecule has 3 rings (SSSR count). The van der Waals surface area contributed by atoms with E-state index in [2.05, 4.69) is 4.90 Å². The molecular weight excluding hydrogens is 342 g/mol. The third-order valence-corrected chi connectivity index (χ3v) is 4.50. The Morgan fingerprint density at radius 2 is 1.92 bits per heavy atom. The van der Waals surface area contributed by atoms with Gasteiger partial charge in [-0.15, -0.1) is 0 Å². The molecule has 1 aromatic heterocycles. The Morgan fingerprint density at radius 1 is 1.20 bits per heavy atom. The van der Waals surface area contributed by atoms with Crippen LogP contribution in [-0.4, -0.2) is 55.0 Å². The molecule has 1 aromatic carbocycles. The first-order valence-corrected chi connectivity index (χ1v) is 8.71. The van der Waals surface area contributed by atoms with Gasteiger partial charge < -0.3 is 19.8 Å². The molecule has 0 aliphatic carbocycles. The summed E-state index contributed by atoms with van der Waals surface area (Å²) in [5.74, 6) is 1.44. The zero-order valence-electron chi connectivity index (χ0n) is 14.0. The molecule has 0 radical (unpaired) electrons. The molecule has 0 atom stereocenters. The summed E-state index contributed by atoms with van der Waals surface area (Å²) in [7, 11) is 0. The minimum absolute atomic E-state index is 0.000476. The number of ether oxygens (including phenoxy) is 1. The molecule has 134 valence electrons. The van der Waals surface area contributed by atoms with E-state index in [1.807, 2.05) is 29.2 Å². The lowest BCUT2D eigenvalue weighted by Crippen LogP contribution is -2.49. The molecule has 1 saturated heterocycles. The smallest absolute Gasteiger partial charge is 0.257 e. The molecule has 0 spiro atoms. The van der Waals surface area contributed by atoms with Crippen LogP contribution >= 0.6 is 11.6 Å². The molecule has 2 aromatic rings. The van der Waals surface area contributed by atoms with E-state index in [0.717, 1.165) is 25.4 Å². The number of halogens is 1. The molecule has 0 saturated carbocycles. The van der Waals surface area contributed by atoms with Crippen LogP contribution in [0, 0.1) is 0 Å². The first-order chi connectivity index (χ1) is 12.2. The van der Waals surface area contributed by atoms with E-state index in [1.54, 1.807) is 6.07 Å². The number of carbonyl (C=O) groups is 1. The Bertz CT molecular complexity index is 694. The Hall–Kier alpha value is -2.02. The fourth-order valence-corrected chi connectivity index (χ4v) is 2.91. The number of amides is 1. The summed E-state index contributed by atoms with van der Waals surface area (Å²) in [6.45, 7) is 4.79. The average Bonchev–Trinajstić information content (AvgIpc) is 3.13. The van der Waals surface area contributed by atoms with Crippen LogP contribution in [-0.2, 0) is 6.54 Å². The maximum Gasteiger partial charge on any atom is 0.257 e. The summed E-state index contributed by atoms with van der Waals surface area (Å²) >= 11 is 5.85. The minimum atomic E-state index is 0.000476. The van der Waals surface area contributed by atoms with Crippen LogP contribution in [0.25, 0.3) is 0 Å². The molecule has 2 N–H and O–H groups in total. The number of nitrogens with two attached hydrogens (primary N) is 1. The molecule has 6 nitrogen and oxygen atoms in total. The van der Waals surface area contributed by atoms with Gasteiger partial charge in [0, 0.05) is 37.7 Å². The van der Waals surface area contributed by atoms with E-state index in [1.165, 1.54) is 6.26 Å². The lowest BCUT2D eigenvalue weighted by Gasteiger charge is -2.34. The molecule has 1 aliphatic rings. The standard InChI is InChI=1S/C18H22ClN3O3/c19-15-1-3-16(4-2-15)24-10-9-21-5-7-22(8-6-21)18(23)14-11-17(12-20)25-13-14/h1-4,11,13H,5-10,12,20H2. The van der Waals surface area contributed by atoms with Crippen LogP contribution in [0.4, 0.5) is 0 Å². The van der Waals surface area contributed by atoms with Crippen molar-refractivity contribution in [2.24, 2.45) is 5.73 Å². The lowest BCUT2D eigenvalue weighted by molar-refractivity contribution is 0.0619. The second kappa shape index (κ2) is 8.38. The summed E-state index contributed by atoms with van der Waals surface area (Å²) in [5.41, 5.74) is 6.08. The van der Waals surface area contributed by atoms with Crippen LogP contribution in [0.3, 0.4) is 0 Å². The fraction of sp³-hybridized carbons (Fsp3) is 0.389. The first-order valence-electron chi connectivity index (χ1n) is 8.33. The number of nitrogens with zero attached hydrogens (tertiary/aromatic N) is 2. The summed E-state index contributed by atoms with van der Waals surface area (Å²) in [4.78, 5) is 16.6. The van der Waals surface area contributed by atoms with Crippen molar-refractivity contribution < 1.29 is 13.9 Å². The van der Waals surface area contributed by atoms with Gasteiger partial charge in [0.05, 0.1) is 12.1 Å². The molecule has 2 heterocycles. The molecule has 1 fully saturated rings. The highest BCUT2D eigenvalue weighted by Crippen LogP contribution is 2.16. The van der Waals surface area contributed by atoms with Gasteiger partial charge >= 0.3 is 0 Å². The Labute approximate surface area is 152 Å².